The quantitative estimate of drug-likeness (QED) is 0.694. The number of benzene rings is 2. The van der Waals surface area contributed by atoms with Crippen molar-refractivity contribution in [3.8, 4) is 11.5 Å². The molecule has 0 N–H and O–H groups in total. The first-order valence-electron chi connectivity index (χ1n) is 6.01. The second kappa shape index (κ2) is 5.45. The Labute approximate surface area is 113 Å². The first-order chi connectivity index (χ1) is 8.60. The fourth-order valence-electron chi connectivity index (χ4n) is 1.84. The van der Waals surface area contributed by atoms with Crippen molar-refractivity contribution in [1.29, 1.82) is 0 Å². The predicted octanol–water partition coefficient (Wildman–Crippen LogP) is 5.14. The molecule has 0 saturated carbocycles. The number of hydrogen-bond acceptors (Lipinski definition) is 1. The zero-order chi connectivity index (χ0) is 13.1. The summed E-state index contributed by atoms with van der Waals surface area (Å²) in [5.74, 6) is 2.33. The lowest BCUT2D eigenvalue weighted by atomic mass is 10.1. The Morgan fingerprint density at radius 1 is 0.889 bits per heavy atom. The summed E-state index contributed by atoms with van der Waals surface area (Å²) < 4.78 is 5.98. The van der Waals surface area contributed by atoms with Crippen molar-refractivity contribution in [2.24, 2.45) is 0 Å². The van der Waals surface area contributed by atoms with E-state index in [-0.39, 0.29) is 0 Å². The second-order valence-electron chi connectivity index (χ2n) is 4.60. The van der Waals surface area contributed by atoms with Crippen LogP contribution in [-0.2, 0) is 5.88 Å². The summed E-state index contributed by atoms with van der Waals surface area (Å²) in [6, 6.07) is 12.3. The summed E-state index contributed by atoms with van der Waals surface area (Å²) in [6.45, 7) is 6.16. The van der Waals surface area contributed by atoms with Crippen LogP contribution in [0, 0.1) is 20.8 Å². The van der Waals surface area contributed by atoms with E-state index in [2.05, 4.69) is 38.1 Å². The Balaban J connectivity index is 2.31. The van der Waals surface area contributed by atoms with E-state index >= 15 is 0 Å². The van der Waals surface area contributed by atoms with Crippen molar-refractivity contribution in [2.75, 3.05) is 0 Å². The summed E-state index contributed by atoms with van der Waals surface area (Å²) in [5.41, 5.74) is 4.56. The number of halogens is 1. The van der Waals surface area contributed by atoms with E-state index in [0.29, 0.717) is 5.88 Å². The minimum atomic E-state index is 0.532. The molecule has 2 heteroatoms. The number of ether oxygens (including phenoxy) is 1. The van der Waals surface area contributed by atoms with Crippen LogP contribution in [0.25, 0.3) is 0 Å². The first kappa shape index (κ1) is 13.0. The molecule has 0 bridgehead atoms. The van der Waals surface area contributed by atoms with Gasteiger partial charge >= 0.3 is 0 Å². The molecule has 0 saturated heterocycles. The number of alkyl halides is 1. The van der Waals surface area contributed by atoms with Gasteiger partial charge in [-0.1, -0.05) is 24.3 Å². The molecule has 0 fully saturated rings. The topological polar surface area (TPSA) is 9.23 Å². The molecule has 0 spiro atoms. The van der Waals surface area contributed by atoms with Gasteiger partial charge in [-0.3, -0.25) is 0 Å². The number of hydrogen-bond donors (Lipinski definition) is 0. The fraction of sp³-hybridized carbons (Fsp3) is 0.250. The number of rotatable bonds is 3. The molecule has 2 aromatic carbocycles. The van der Waals surface area contributed by atoms with Crippen LogP contribution in [0.5, 0.6) is 11.5 Å². The third kappa shape index (κ3) is 2.85. The van der Waals surface area contributed by atoms with Gasteiger partial charge in [-0.2, -0.15) is 0 Å². The highest BCUT2D eigenvalue weighted by Crippen LogP contribution is 2.29. The Morgan fingerprint density at radius 3 is 2.33 bits per heavy atom. The maximum atomic E-state index is 5.98. The summed E-state index contributed by atoms with van der Waals surface area (Å²) in [4.78, 5) is 0. The van der Waals surface area contributed by atoms with E-state index in [1.165, 1.54) is 5.56 Å². The largest absolute Gasteiger partial charge is 0.457 e. The first-order valence-corrected chi connectivity index (χ1v) is 6.54. The molecule has 18 heavy (non-hydrogen) atoms. The van der Waals surface area contributed by atoms with Crippen LogP contribution in [0.15, 0.2) is 36.4 Å². The van der Waals surface area contributed by atoms with Crippen molar-refractivity contribution in [2.45, 2.75) is 26.7 Å². The molecule has 2 rings (SSSR count). The summed E-state index contributed by atoms with van der Waals surface area (Å²) in [6.07, 6.45) is 0. The molecule has 2 aromatic rings. The molecular weight excluding hydrogens is 244 g/mol. The van der Waals surface area contributed by atoms with Crippen molar-refractivity contribution >= 4 is 11.6 Å². The van der Waals surface area contributed by atoms with Crippen molar-refractivity contribution in [1.82, 2.24) is 0 Å². The van der Waals surface area contributed by atoms with Crippen LogP contribution in [0.2, 0.25) is 0 Å². The van der Waals surface area contributed by atoms with Gasteiger partial charge in [0.05, 0.1) is 0 Å². The lowest BCUT2D eigenvalue weighted by Crippen LogP contribution is -1.92. The summed E-state index contributed by atoms with van der Waals surface area (Å²) in [5, 5.41) is 0. The average Bonchev–Trinajstić information content (AvgIpc) is 2.36. The maximum absolute atomic E-state index is 5.98. The van der Waals surface area contributed by atoms with Gasteiger partial charge in [0, 0.05) is 5.88 Å². The van der Waals surface area contributed by atoms with Gasteiger partial charge in [0.2, 0.25) is 0 Å². The van der Waals surface area contributed by atoms with E-state index in [0.717, 1.165) is 28.2 Å². The van der Waals surface area contributed by atoms with Crippen LogP contribution in [0.1, 0.15) is 22.3 Å². The zero-order valence-electron chi connectivity index (χ0n) is 11.0. The van der Waals surface area contributed by atoms with Crippen LogP contribution in [0.4, 0.5) is 0 Å². The van der Waals surface area contributed by atoms with E-state index in [9.17, 15) is 0 Å². The Kier molecular flexibility index (Phi) is 3.93. The van der Waals surface area contributed by atoms with E-state index in [1.54, 1.807) is 0 Å². The smallest absolute Gasteiger partial charge is 0.130 e. The molecule has 0 heterocycles. The van der Waals surface area contributed by atoms with Gasteiger partial charge in [-0.25, -0.2) is 0 Å². The third-order valence-corrected chi connectivity index (χ3v) is 3.27. The van der Waals surface area contributed by atoms with Crippen LogP contribution in [0.3, 0.4) is 0 Å². The number of aryl methyl sites for hydroxylation is 3. The van der Waals surface area contributed by atoms with Gasteiger partial charge in [-0.05, 0) is 55.2 Å². The maximum Gasteiger partial charge on any atom is 0.130 e. The van der Waals surface area contributed by atoms with Crippen molar-refractivity contribution in [3.63, 3.8) is 0 Å². The SMILES string of the molecule is Cc1ccc(C)c(Oc2ccc(CCl)cc2C)c1. The van der Waals surface area contributed by atoms with Crippen LogP contribution < -0.4 is 4.74 Å². The Hall–Kier alpha value is -1.47. The third-order valence-electron chi connectivity index (χ3n) is 2.96. The standard InChI is InChI=1S/C16H17ClO/c1-11-4-5-12(2)16(8-11)18-15-7-6-14(10-17)9-13(15)3/h4-9H,10H2,1-3H3. The zero-order valence-corrected chi connectivity index (χ0v) is 11.7. The van der Waals surface area contributed by atoms with Gasteiger partial charge in [0.1, 0.15) is 11.5 Å². The lowest BCUT2D eigenvalue weighted by Gasteiger charge is -2.12. The molecule has 0 aliphatic carbocycles. The molecule has 0 atom stereocenters. The molecule has 0 amide bonds. The molecule has 0 aliphatic heterocycles. The normalized spacial score (nSPS) is 10.4. The van der Waals surface area contributed by atoms with E-state index in [4.69, 9.17) is 16.3 Å². The summed E-state index contributed by atoms with van der Waals surface area (Å²) in [7, 11) is 0. The van der Waals surface area contributed by atoms with Gasteiger partial charge in [-0.15, -0.1) is 11.6 Å². The average molecular weight is 261 g/mol. The van der Waals surface area contributed by atoms with Crippen molar-refractivity contribution in [3.05, 3.63) is 58.7 Å². The van der Waals surface area contributed by atoms with Crippen molar-refractivity contribution < 1.29 is 4.74 Å². The monoisotopic (exact) mass is 260 g/mol. The molecule has 1 nitrogen and oxygen atoms in total. The predicted molar refractivity (Wildman–Crippen MR) is 76.7 cm³/mol. The molecule has 94 valence electrons. The van der Waals surface area contributed by atoms with Crippen LogP contribution in [-0.4, -0.2) is 0 Å². The van der Waals surface area contributed by atoms with Gasteiger partial charge in [0.15, 0.2) is 0 Å². The highest BCUT2D eigenvalue weighted by Gasteiger charge is 2.05. The molecule has 0 aliphatic rings. The molecule has 0 unspecified atom stereocenters. The highest BCUT2D eigenvalue weighted by molar-refractivity contribution is 6.17. The van der Waals surface area contributed by atoms with Gasteiger partial charge < -0.3 is 4.74 Å². The highest BCUT2D eigenvalue weighted by atomic mass is 35.5. The minimum absolute atomic E-state index is 0.532. The Bertz CT molecular complexity index is 561. The van der Waals surface area contributed by atoms with Gasteiger partial charge in [0.25, 0.3) is 0 Å². The van der Waals surface area contributed by atoms with Crippen LogP contribution >= 0.6 is 11.6 Å². The summed E-state index contributed by atoms with van der Waals surface area (Å²) >= 11 is 5.82. The molecular formula is C16H17ClO. The molecule has 0 radical (unpaired) electrons. The van der Waals surface area contributed by atoms with E-state index in [1.807, 2.05) is 19.1 Å². The second-order valence-corrected chi connectivity index (χ2v) is 4.87. The fourth-order valence-corrected chi connectivity index (χ4v) is 2.01. The lowest BCUT2D eigenvalue weighted by molar-refractivity contribution is 0.474. The minimum Gasteiger partial charge on any atom is -0.457 e. The van der Waals surface area contributed by atoms with E-state index < -0.39 is 0 Å². The Morgan fingerprint density at radius 2 is 1.67 bits per heavy atom. The molecule has 0 aromatic heterocycles.